The average molecular weight is 400 g/mol. The van der Waals surface area contributed by atoms with Crippen LogP contribution in [-0.4, -0.2) is 36.5 Å². The average Bonchev–Trinajstić information content (AvgIpc) is 2.83. The SMILES string of the molecule is O=C(c1ccccc1)N1CCC([NH+](CCc2ccccc2)Cc2ccccc2)CC1. The van der Waals surface area contributed by atoms with Crippen LogP contribution in [0.4, 0.5) is 0 Å². The Morgan fingerprint density at radius 2 is 1.30 bits per heavy atom. The first-order chi connectivity index (χ1) is 14.8. The highest BCUT2D eigenvalue weighted by atomic mass is 16.2. The minimum absolute atomic E-state index is 0.169. The summed E-state index contributed by atoms with van der Waals surface area (Å²) in [6.45, 7) is 3.87. The number of rotatable bonds is 7. The fraction of sp³-hybridized carbons (Fsp3) is 0.296. The van der Waals surface area contributed by atoms with Gasteiger partial charge in [-0.3, -0.25) is 4.79 Å². The molecule has 0 bridgehead atoms. The molecule has 3 aromatic carbocycles. The van der Waals surface area contributed by atoms with Crippen molar-refractivity contribution in [2.75, 3.05) is 19.6 Å². The van der Waals surface area contributed by atoms with Crippen molar-refractivity contribution in [1.82, 2.24) is 4.90 Å². The molecule has 4 rings (SSSR count). The highest BCUT2D eigenvalue weighted by Gasteiger charge is 2.30. The zero-order valence-corrected chi connectivity index (χ0v) is 17.5. The van der Waals surface area contributed by atoms with Crippen LogP contribution in [-0.2, 0) is 13.0 Å². The maximum absolute atomic E-state index is 12.8. The first-order valence-corrected chi connectivity index (χ1v) is 11.1. The van der Waals surface area contributed by atoms with Crippen LogP contribution in [0.25, 0.3) is 0 Å². The summed E-state index contributed by atoms with van der Waals surface area (Å²) >= 11 is 0. The Balaban J connectivity index is 1.40. The summed E-state index contributed by atoms with van der Waals surface area (Å²) in [5, 5.41) is 0. The van der Waals surface area contributed by atoms with Gasteiger partial charge in [-0.2, -0.15) is 0 Å². The number of quaternary nitrogens is 1. The van der Waals surface area contributed by atoms with E-state index in [4.69, 9.17) is 0 Å². The molecule has 154 valence electrons. The van der Waals surface area contributed by atoms with E-state index in [9.17, 15) is 4.79 Å². The number of amides is 1. The second-order valence-electron chi connectivity index (χ2n) is 8.24. The van der Waals surface area contributed by atoms with Gasteiger partial charge in [-0.25, -0.2) is 0 Å². The number of piperidine rings is 1. The molecule has 1 heterocycles. The fourth-order valence-corrected chi connectivity index (χ4v) is 4.50. The molecule has 0 radical (unpaired) electrons. The molecule has 0 aliphatic carbocycles. The standard InChI is InChI=1S/C27H30N2O/c30-27(25-14-8-3-9-15-25)28-20-17-26(18-21-28)29(22-24-12-6-2-7-13-24)19-16-23-10-4-1-5-11-23/h1-15,26H,16-22H2/p+1. The molecular weight excluding hydrogens is 368 g/mol. The second-order valence-corrected chi connectivity index (χ2v) is 8.24. The monoisotopic (exact) mass is 399 g/mol. The van der Waals surface area contributed by atoms with E-state index < -0.39 is 0 Å². The fourth-order valence-electron chi connectivity index (χ4n) is 4.50. The smallest absolute Gasteiger partial charge is 0.253 e. The number of carbonyl (C=O) groups excluding carboxylic acids is 1. The molecule has 1 N–H and O–H groups in total. The minimum atomic E-state index is 0.169. The summed E-state index contributed by atoms with van der Waals surface area (Å²) < 4.78 is 0. The predicted octanol–water partition coefficient (Wildman–Crippen LogP) is 3.62. The summed E-state index contributed by atoms with van der Waals surface area (Å²) in [6, 6.07) is 31.9. The van der Waals surface area contributed by atoms with Gasteiger partial charge in [-0.05, 0) is 17.7 Å². The van der Waals surface area contributed by atoms with Gasteiger partial charge in [-0.1, -0.05) is 78.9 Å². The van der Waals surface area contributed by atoms with Gasteiger partial charge in [-0.15, -0.1) is 0 Å². The Bertz CT molecular complexity index is 903. The molecule has 1 aliphatic rings. The van der Waals surface area contributed by atoms with Gasteiger partial charge in [0.25, 0.3) is 5.91 Å². The highest BCUT2D eigenvalue weighted by molar-refractivity contribution is 5.94. The largest absolute Gasteiger partial charge is 0.338 e. The summed E-state index contributed by atoms with van der Waals surface area (Å²) in [5.74, 6) is 0.169. The van der Waals surface area contributed by atoms with E-state index in [0.29, 0.717) is 6.04 Å². The number of carbonyl (C=O) groups is 1. The normalized spacial score (nSPS) is 15.7. The minimum Gasteiger partial charge on any atom is -0.338 e. The van der Waals surface area contributed by atoms with E-state index in [1.165, 1.54) is 11.1 Å². The van der Waals surface area contributed by atoms with Gasteiger partial charge in [0.05, 0.1) is 12.6 Å². The molecule has 0 saturated carbocycles. The van der Waals surface area contributed by atoms with Crippen LogP contribution in [0.1, 0.15) is 34.3 Å². The van der Waals surface area contributed by atoms with Gasteiger partial charge >= 0.3 is 0 Å². The number of hydrogen-bond acceptors (Lipinski definition) is 1. The molecule has 3 heteroatoms. The van der Waals surface area contributed by atoms with Crippen LogP contribution in [0.2, 0.25) is 0 Å². The molecule has 3 nitrogen and oxygen atoms in total. The molecule has 30 heavy (non-hydrogen) atoms. The summed E-state index contributed by atoms with van der Waals surface area (Å²) in [7, 11) is 0. The van der Waals surface area contributed by atoms with E-state index in [-0.39, 0.29) is 5.91 Å². The van der Waals surface area contributed by atoms with Crippen molar-refractivity contribution in [3.8, 4) is 0 Å². The first kappa shape index (κ1) is 20.4. The molecule has 1 saturated heterocycles. The van der Waals surface area contributed by atoms with Gasteiger partial charge in [0, 0.05) is 43.5 Å². The zero-order chi connectivity index (χ0) is 20.6. The number of likely N-dealkylation sites (tertiary alicyclic amines) is 1. The Kier molecular flexibility index (Phi) is 6.94. The summed E-state index contributed by atoms with van der Waals surface area (Å²) in [4.78, 5) is 16.5. The Morgan fingerprint density at radius 3 is 1.90 bits per heavy atom. The lowest BCUT2D eigenvalue weighted by atomic mass is 10.00. The van der Waals surface area contributed by atoms with Crippen molar-refractivity contribution in [2.24, 2.45) is 0 Å². The maximum atomic E-state index is 12.8. The van der Waals surface area contributed by atoms with E-state index in [2.05, 4.69) is 60.7 Å². The molecule has 3 aromatic rings. The van der Waals surface area contributed by atoms with Crippen LogP contribution in [0.5, 0.6) is 0 Å². The summed E-state index contributed by atoms with van der Waals surface area (Å²) in [5.41, 5.74) is 3.59. The number of nitrogens with one attached hydrogen (secondary N) is 1. The van der Waals surface area contributed by atoms with Gasteiger partial charge in [0.1, 0.15) is 6.54 Å². The van der Waals surface area contributed by atoms with E-state index in [1.807, 2.05) is 35.2 Å². The molecule has 1 amide bonds. The third kappa shape index (κ3) is 5.37. The molecule has 1 aliphatic heterocycles. The van der Waals surface area contributed by atoms with Crippen molar-refractivity contribution in [1.29, 1.82) is 0 Å². The highest BCUT2D eigenvalue weighted by Crippen LogP contribution is 2.13. The molecule has 1 atom stereocenters. The third-order valence-corrected chi connectivity index (χ3v) is 6.23. The number of benzene rings is 3. The van der Waals surface area contributed by atoms with Crippen molar-refractivity contribution in [3.63, 3.8) is 0 Å². The molecule has 1 fully saturated rings. The topological polar surface area (TPSA) is 24.8 Å². The lowest BCUT2D eigenvalue weighted by Gasteiger charge is -2.36. The quantitative estimate of drug-likeness (QED) is 0.645. The molecule has 0 spiro atoms. The van der Waals surface area contributed by atoms with Crippen molar-refractivity contribution < 1.29 is 9.69 Å². The van der Waals surface area contributed by atoms with Gasteiger partial charge < -0.3 is 9.80 Å². The third-order valence-electron chi connectivity index (χ3n) is 6.23. The van der Waals surface area contributed by atoms with Crippen LogP contribution >= 0.6 is 0 Å². The lowest BCUT2D eigenvalue weighted by molar-refractivity contribution is -0.940. The zero-order valence-electron chi connectivity index (χ0n) is 17.5. The van der Waals surface area contributed by atoms with Crippen LogP contribution in [0.15, 0.2) is 91.0 Å². The van der Waals surface area contributed by atoms with Crippen molar-refractivity contribution in [3.05, 3.63) is 108 Å². The Morgan fingerprint density at radius 1 is 0.767 bits per heavy atom. The summed E-state index contributed by atoms with van der Waals surface area (Å²) in [6.07, 6.45) is 3.22. The van der Waals surface area contributed by atoms with Crippen LogP contribution in [0, 0.1) is 0 Å². The van der Waals surface area contributed by atoms with Crippen molar-refractivity contribution >= 4 is 5.91 Å². The van der Waals surface area contributed by atoms with E-state index in [0.717, 1.165) is 51.0 Å². The van der Waals surface area contributed by atoms with Crippen LogP contribution in [0.3, 0.4) is 0 Å². The van der Waals surface area contributed by atoms with E-state index in [1.54, 1.807) is 4.90 Å². The first-order valence-electron chi connectivity index (χ1n) is 11.1. The number of nitrogens with zero attached hydrogens (tertiary/aromatic N) is 1. The Hall–Kier alpha value is -2.91. The second kappa shape index (κ2) is 10.2. The molecular formula is C27H31N2O+. The van der Waals surface area contributed by atoms with Crippen LogP contribution < -0.4 is 4.90 Å². The van der Waals surface area contributed by atoms with Gasteiger partial charge in [0.15, 0.2) is 0 Å². The number of hydrogen-bond donors (Lipinski definition) is 1. The van der Waals surface area contributed by atoms with E-state index >= 15 is 0 Å². The molecule has 1 unspecified atom stereocenters. The lowest BCUT2D eigenvalue weighted by Crippen LogP contribution is -3.15. The maximum Gasteiger partial charge on any atom is 0.253 e. The molecule has 0 aromatic heterocycles. The Labute approximate surface area is 180 Å². The predicted molar refractivity (Wildman–Crippen MR) is 121 cm³/mol. The van der Waals surface area contributed by atoms with Crippen molar-refractivity contribution in [2.45, 2.75) is 31.8 Å². The van der Waals surface area contributed by atoms with Gasteiger partial charge in [0.2, 0.25) is 0 Å².